The second-order valence-electron chi connectivity index (χ2n) is 11.4. The second-order valence-corrected chi connectivity index (χ2v) is 11.4. The van der Waals surface area contributed by atoms with Crippen molar-refractivity contribution in [2.24, 2.45) is 11.8 Å². The predicted molar refractivity (Wildman–Crippen MR) is 159 cm³/mol. The van der Waals surface area contributed by atoms with Gasteiger partial charge in [0.05, 0.1) is 6.04 Å². The third-order valence-corrected chi connectivity index (χ3v) is 9.26. The molecule has 4 aliphatic carbocycles. The number of anilines is 2. The number of rotatable bonds is 5. The van der Waals surface area contributed by atoms with Crippen molar-refractivity contribution < 1.29 is 0 Å². The van der Waals surface area contributed by atoms with E-state index in [0.717, 1.165) is 24.8 Å². The summed E-state index contributed by atoms with van der Waals surface area (Å²) in [5.74, 6) is 1.26. The number of nitrogens with zero attached hydrogens (tertiary/aromatic N) is 2. The molecule has 0 amide bonds. The maximum atomic E-state index is 2.82. The van der Waals surface area contributed by atoms with Gasteiger partial charge in [0.25, 0.3) is 0 Å². The predicted octanol–water partition coefficient (Wildman–Crippen LogP) is 9.02. The van der Waals surface area contributed by atoms with E-state index >= 15 is 0 Å². The van der Waals surface area contributed by atoms with Crippen LogP contribution in [0.1, 0.15) is 51.4 Å². The van der Waals surface area contributed by atoms with Crippen molar-refractivity contribution >= 4 is 11.4 Å². The molecule has 2 aromatic carbocycles. The normalized spacial score (nSPS) is 28.1. The highest BCUT2D eigenvalue weighted by Crippen LogP contribution is 2.48. The third-order valence-electron chi connectivity index (χ3n) is 9.26. The standard InChI is InChI=1S/C36H38N2/c1-3-11-29(12-4-1)37(30-13-5-2-6-14-30)31-23-19-27(20-24-31)28-21-25-32(26-22-28)38-35-17-9-7-15-33(35)34-16-8-10-18-36(34)38/h1-6,9,11-14,17,19,21-25,27,32,34,36H,7-8,10,15-16,18,20,26H2. The number of hydrogen-bond acceptors (Lipinski definition) is 2. The zero-order chi connectivity index (χ0) is 25.3. The summed E-state index contributed by atoms with van der Waals surface area (Å²) < 4.78 is 0. The van der Waals surface area contributed by atoms with E-state index in [2.05, 4.69) is 119 Å². The van der Waals surface area contributed by atoms with Crippen LogP contribution in [0.15, 0.2) is 132 Å². The van der Waals surface area contributed by atoms with Gasteiger partial charge in [0.1, 0.15) is 0 Å². The van der Waals surface area contributed by atoms with Crippen LogP contribution >= 0.6 is 0 Å². The SMILES string of the molecule is C1=CC2=C(CC1)C1CCCCC1N2C1C=CC(C2C=CC(N(c3ccccc3)c3ccccc3)=CC2)=CC1. The number of para-hydroxylation sites is 2. The highest BCUT2D eigenvalue weighted by molar-refractivity contribution is 5.70. The Morgan fingerprint density at radius 2 is 1.50 bits per heavy atom. The molecule has 5 aliphatic rings. The van der Waals surface area contributed by atoms with Crippen LogP contribution in [0.25, 0.3) is 0 Å². The van der Waals surface area contributed by atoms with Crippen molar-refractivity contribution in [1.29, 1.82) is 0 Å². The van der Waals surface area contributed by atoms with Gasteiger partial charge in [-0.25, -0.2) is 0 Å². The lowest BCUT2D eigenvalue weighted by Gasteiger charge is -2.40. The van der Waals surface area contributed by atoms with Gasteiger partial charge in [0.2, 0.25) is 0 Å². The molecule has 2 nitrogen and oxygen atoms in total. The number of fused-ring (bicyclic) bond motifs is 2. The molecule has 4 unspecified atom stereocenters. The van der Waals surface area contributed by atoms with E-state index in [1.54, 1.807) is 11.3 Å². The molecule has 0 N–H and O–H groups in total. The topological polar surface area (TPSA) is 6.48 Å². The van der Waals surface area contributed by atoms with Crippen LogP contribution < -0.4 is 4.90 Å². The van der Waals surface area contributed by atoms with Crippen molar-refractivity contribution in [1.82, 2.24) is 4.90 Å². The molecule has 1 fully saturated rings. The summed E-state index contributed by atoms with van der Waals surface area (Å²) in [6, 6.07) is 22.6. The van der Waals surface area contributed by atoms with Gasteiger partial charge in [-0.1, -0.05) is 85.7 Å². The average molecular weight is 499 g/mol. The van der Waals surface area contributed by atoms with Gasteiger partial charge in [0, 0.05) is 40.6 Å². The third kappa shape index (κ3) is 4.30. The van der Waals surface area contributed by atoms with E-state index < -0.39 is 0 Å². The summed E-state index contributed by atoms with van der Waals surface area (Å²) in [6.07, 6.45) is 29.8. The molecule has 1 heterocycles. The van der Waals surface area contributed by atoms with Crippen LogP contribution in [0.4, 0.5) is 11.4 Å². The van der Waals surface area contributed by atoms with E-state index in [-0.39, 0.29) is 0 Å². The molecular formula is C36H38N2. The molecule has 2 heteroatoms. The lowest BCUT2D eigenvalue weighted by Crippen LogP contribution is -2.42. The molecule has 7 rings (SSSR count). The minimum atomic E-state index is 0.453. The Hall–Kier alpha value is -3.52. The fourth-order valence-electron chi connectivity index (χ4n) is 7.48. The first-order valence-electron chi connectivity index (χ1n) is 14.7. The summed E-state index contributed by atoms with van der Waals surface area (Å²) >= 11 is 0. The molecule has 1 aliphatic heterocycles. The number of allylic oxidation sites excluding steroid dienone is 7. The molecule has 38 heavy (non-hydrogen) atoms. The van der Waals surface area contributed by atoms with Crippen molar-refractivity contribution in [2.75, 3.05) is 4.90 Å². The Morgan fingerprint density at radius 1 is 0.737 bits per heavy atom. The first-order chi connectivity index (χ1) is 18.9. The maximum Gasteiger partial charge on any atom is 0.0514 e. The Bertz CT molecular complexity index is 1300. The Balaban J connectivity index is 1.07. The zero-order valence-electron chi connectivity index (χ0n) is 22.3. The maximum absolute atomic E-state index is 2.82. The van der Waals surface area contributed by atoms with Crippen LogP contribution in [-0.2, 0) is 0 Å². The van der Waals surface area contributed by atoms with Gasteiger partial charge in [-0.05, 0) is 86.1 Å². The Kier molecular flexibility index (Phi) is 6.41. The molecule has 2 aromatic rings. The van der Waals surface area contributed by atoms with Crippen LogP contribution in [0, 0.1) is 11.8 Å². The smallest absolute Gasteiger partial charge is 0.0514 e. The average Bonchev–Trinajstić information content (AvgIpc) is 3.33. The molecule has 0 spiro atoms. The molecule has 1 saturated carbocycles. The lowest BCUT2D eigenvalue weighted by atomic mass is 9.79. The number of hydrogen-bond donors (Lipinski definition) is 0. The van der Waals surface area contributed by atoms with Crippen LogP contribution in [0.2, 0.25) is 0 Å². The molecule has 0 saturated heterocycles. The first-order valence-corrected chi connectivity index (χ1v) is 14.7. The summed E-state index contributed by atoms with van der Waals surface area (Å²) in [5, 5.41) is 0. The summed E-state index contributed by atoms with van der Waals surface area (Å²) in [5.41, 5.74) is 8.48. The largest absolute Gasteiger partial charge is 0.361 e. The molecule has 0 radical (unpaired) electrons. The van der Waals surface area contributed by atoms with Gasteiger partial charge < -0.3 is 9.80 Å². The minimum absolute atomic E-state index is 0.453. The fourth-order valence-corrected chi connectivity index (χ4v) is 7.48. The summed E-state index contributed by atoms with van der Waals surface area (Å²) in [6.45, 7) is 0. The monoisotopic (exact) mass is 498 g/mol. The van der Waals surface area contributed by atoms with Crippen molar-refractivity contribution in [2.45, 2.75) is 63.5 Å². The highest BCUT2D eigenvalue weighted by atomic mass is 15.2. The molecular weight excluding hydrogens is 460 g/mol. The highest BCUT2D eigenvalue weighted by Gasteiger charge is 2.43. The van der Waals surface area contributed by atoms with E-state index in [9.17, 15) is 0 Å². The fraction of sp³-hybridized carbons (Fsp3) is 0.333. The summed E-state index contributed by atoms with van der Waals surface area (Å²) in [7, 11) is 0. The van der Waals surface area contributed by atoms with Crippen LogP contribution in [-0.4, -0.2) is 17.0 Å². The molecule has 0 aromatic heterocycles. The quantitative estimate of drug-likeness (QED) is 0.406. The number of benzene rings is 2. The molecule has 4 atom stereocenters. The van der Waals surface area contributed by atoms with Crippen LogP contribution in [0.3, 0.4) is 0 Å². The van der Waals surface area contributed by atoms with E-state index in [1.807, 2.05) is 0 Å². The Labute approximate surface area is 228 Å². The van der Waals surface area contributed by atoms with E-state index in [1.165, 1.54) is 61.2 Å². The first kappa shape index (κ1) is 23.6. The second kappa shape index (κ2) is 10.3. The molecule has 0 bridgehead atoms. The van der Waals surface area contributed by atoms with Crippen molar-refractivity contribution in [3.8, 4) is 0 Å². The minimum Gasteiger partial charge on any atom is -0.361 e. The van der Waals surface area contributed by atoms with Gasteiger partial charge in [-0.2, -0.15) is 0 Å². The van der Waals surface area contributed by atoms with E-state index in [0.29, 0.717) is 12.0 Å². The summed E-state index contributed by atoms with van der Waals surface area (Å²) in [4.78, 5) is 5.19. The van der Waals surface area contributed by atoms with Crippen molar-refractivity contribution in [3.63, 3.8) is 0 Å². The Morgan fingerprint density at radius 3 is 2.18 bits per heavy atom. The van der Waals surface area contributed by atoms with Gasteiger partial charge in [-0.3, -0.25) is 0 Å². The van der Waals surface area contributed by atoms with E-state index in [4.69, 9.17) is 0 Å². The molecule has 192 valence electrons. The van der Waals surface area contributed by atoms with Crippen molar-refractivity contribution in [3.05, 3.63) is 132 Å². The van der Waals surface area contributed by atoms with Gasteiger partial charge in [-0.15, -0.1) is 0 Å². The lowest BCUT2D eigenvalue weighted by molar-refractivity contribution is 0.165. The zero-order valence-corrected chi connectivity index (χ0v) is 22.3. The van der Waals surface area contributed by atoms with Gasteiger partial charge in [0.15, 0.2) is 0 Å². The van der Waals surface area contributed by atoms with Crippen LogP contribution in [0.5, 0.6) is 0 Å². The van der Waals surface area contributed by atoms with Gasteiger partial charge >= 0.3 is 0 Å².